The summed E-state index contributed by atoms with van der Waals surface area (Å²) in [5.74, 6) is 0.824. The van der Waals surface area contributed by atoms with Crippen molar-refractivity contribution in [2.24, 2.45) is 4.99 Å². The maximum Gasteiger partial charge on any atom is 0.244 e. The van der Waals surface area contributed by atoms with Crippen LogP contribution in [0.4, 0.5) is 0 Å². The largest absolute Gasteiger partial charge is 0.357 e. The standard InChI is InChI=1S/C20H32N4O.HI/c1-5-21-19(22-14-18(25)24-12-8-9-13-24)23-15-20(3,4)17-11-7-6-10-16(17)2;/h6-7,10-11H,5,8-9,12-15H2,1-4H3,(H2,21,22,23);1H. The third-order valence-electron chi connectivity index (χ3n) is 4.75. The number of hydrogen-bond acceptors (Lipinski definition) is 2. The number of benzene rings is 1. The second-order valence-corrected chi connectivity index (χ2v) is 7.34. The summed E-state index contributed by atoms with van der Waals surface area (Å²) in [5, 5.41) is 6.64. The number of hydrogen-bond donors (Lipinski definition) is 2. The molecule has 1 aromatic carbocycles. The first kappa shape index (κ1) is 22.7. The summed E-state index contributed by atoms with van der Waals surface area (Å²) in [5.41, 5.74) is 2.59. The molecule has 1 amide bonds. The molecule has 0 saturated carbocycles. The number of aliphatic imine (C=N–C) groups is 1. The molecule has 0 aliphatic carbocycles. The van der Waals surface area contributed by atoms with Gasteiger partial charge >= 0.3 is 0 Å². The van der Waals surface area contributed by atoms with Gasteiger partial charge in [-0.15, -0.1) is 24.0 Å². The van der Waals surface area contributed by atoms with Crippen LogP contribution in [0.5, 0.6) is 0 Å². The third-order valence-corrected chi connectivity index (χ3v) is 4.75. The number of nitrogens with zero attached hydrogens (tertiary/aromatic N) is 2. The van der Waals surface area contributed by atoms with Crippen molar-refractivity contribution in [1.82, 2.24) is 15.5 Å². The second kappa shape index (κ2) is 10.7. The van der Waals surface area contributed by atoms with Crippen molar-refractivity contribution < 1.29 is 4.79 Å². The highest BCUT2D eigenvalue weighted by atomic mass is 127. The Morgan fingerprint density at radius 1 is 1.19 bits per heavy atom. The Labute approximate surface area is 175 Å². The number of nitrogens with one attached hydrogen (secondary N) is 2. The van der Waals surface area contributed by atoms with Crippen molar-refractivity contribution >= 4 is 35.8 Å². The number of carbonyl (C=O) groups is 1. The second-order valence-electron chi connectivity index (χ2n) is 7.34. The van der Waals surface area contributed by atoms with Crippen LogP contribution in [0.2, 0.25) is 0 Å². The van der Waals surface area contributed by atoms with E-state index >= 15 is 0 Å². The molecule has 1 heterocycles. The molecular weight excluding hydrogens is 439 g/mol. The lowest BCUT2D eigenvalue weighted by atomic mass is 9.82. The number of guanidine groups is 1. The van der Waals surface area contributed by atoms with Gasteiger partial charge in [-0.2, -0.15) is 0 Å². The van der Waals surface area contributed by atoms with Gasteiger partial charge in [0.25, 0.3) is 0 Å². The summed E-state index contributed by atoms with van der Waals surface area (Å²) in [4.78, 5) is 18.6. The highest BCUT2D eigenvalue weighted by Gasteiger charge is 2.23. The van der Waals surface area contributed by atoms with Crippen molar-refractivity contribution in [2.75, 3.05) is 32.7 Å². The minimum atomic E-state index is -0.0273. The van der Waals surface area contributed by atoms with Crippen LogP contribution in [0.15, 0.2) is 29.3 Å². The lowest BCUT2D eigenvalue weighted by Crippen LogP contribution is -2.44. The van der Waals surface area contributed by atoms with Gasteiger partial charge in [-0.1, -0.05) is 38.1 Å². The molecular formula is C20H33IN4O. The van der Waals surface area contributed by atoms with E-state index in [1.807, 2.05) is 11.8 Å². The summed E-state index contributed by atoms with van der Waals surface area (Å²) in [6.45, 7) is 12.1. The molecule has 6 heteroatoms. The number of carbonyl (C=O) groups excluding carboxylic acids is 1. The molecule has 26 heavy (non-hydrogen) atoms. The summed E-state index contributed by atoms with van der Waals surface area (Å²) < 4.78 is 0. The summed E-state index contributed by atoms with van der Waals surface area (Å²) in [6.07, 6.45) is 2.22. The Morgan fingerprint density at radius 2 is 1.85 bits per heavy atom. The van der Waals surface area contributed by atoms with E-state index in [1.165, 1.54) is 11.1 Å². The number of halogens is 1. The quantitative estimate of drug-likeness (QED) is 0.380. The van der Waals surface area contributed by atoms with Crippen LogP contribution in [0.3, 0.4) is 0 Å². The minimum Gasteiger partial charge on any atom is -0.357 e. The van der Waals surface area contributed by atoms with Crippen LogP contribution < -0.4 is 10.6 Å². The Morgan fingerprint density at radius 3 is 2.46 bits per heavy atom. The van der Waals surface area contributed by atoms with Crippen LogP contribution in [-0.2, 0) is 10.2 Å². The molecule has 146 valence electrons. The first-order valence-corrected chi connectivity index (χ1v) is 9.30. The minimum absolute atomic E-state index is 0. The number of aryl methyl sites for hydroxylation is 1. The normalized spacial score (nSPS) is 14.8. The molecule has 1 fully saturated rings. The van der Waals surface area contributed by atoms with Crippen molar-refractivity contribution in [1.29, 1.82) is 0 Å². The van der Waals surface area contributed by atoms with E-state index in [4.69, 9.17) is 0 Å². The molecule has 0 spiro atoms. The molecule has 2 rings (SSSR count). The van der Waals surface area contributed by atoms with Crippen molar-refractivity contribution in [3.63, 3.8) is 0 Å². The van der Waals surface area contributed by atoms with Gasteiger partial charge in [-0.25, -0.2) is 4.99 Å². The van der Waals surface area contributed by atoms with Crippen LogP contribution in [-0.4, -0.2) is 49.5 Å². The molecule has 1 aromatic rings. The fraction of sp³-hybridized carbons (Fsp3) is 0.600. The number of rotatable bonds is 6. The third kappa shape index (κ3) is 6.45. The zero-order chi connectivity index (χ0) is 18.3. The van der Waals surface area contributed by atoms with Crippen molar-refractivity contribution in [3.05, 3.63) is 35.4 Å². The predicted molar refractivity (Wildman–Crippen MR) is 119 cm³/mol. The van der Waals surface area contributed by atoms with Gasteiger partial charge in [-0.05, 0) is 37.8 Å². The Balaban J connectivity index is 0.00000338. The molecule has 0 aromatic heterocycles. The van der Waals surface area contributed by atoms with E-state index in [0.717, 1.165) is 39.0 Å². The maximum absolute atomic E-state index is 12.2. The zero-order valence-corrected chi connectivity index (χ0v) is 18.8. The first-order chi connectivity index (χ1) is 11.9. The van der Waals surface area contributed by atoms with E-state index in [0.29, 0.717) is 5.96 Å². The first-order valence-electron chi connectivity index (χ1n) is 9.30. The fourth-order valence-corrected chi connectivity index (χ4v) is 3.29. The van der Waals surface area contributed by atoms with Gasteiger partial charge in [0.1, 0.15) is 6.54 Å². The molecule has 1 saturated heterocycles. The lowest BCUT2D eigenvalue weighted by Gasteiger charge is -2.28. The van der Waals surface area contributed by atoms with Gasteiger partial charge in [0.15, 0.2) is 5.96 Å². The van der Waals surface area contributed by atoms with Crippen LogP contribution in [0.1, 0.15) is 44.7 Å². The molecule has 1 aliphatic heterocycles. The van der Waals surface area contributed by atoms with Crippen LogP contribution >= 0.6 is 24.0 Å². The summed E-state index contributed by atoms with van der Waals surface area (Å²) in [7, 11) is 0. The van der Waals surface area contributed by atoms with Crippen molar-refractivity contribution in [2.45, 2.75) is 46.0 Å². The van der Waals surface area contributed by atoms with Crippen LogP contribution in [0, 0.1) is 6.92 Å². The average molecular weight is 472 g/mol. The van der Waals surface area contributed by atoms with E-state index in [2.05, 4.69) is 60.7 Å². The van der Waals surface area contributed by atoms with E-state index in [9.17, 15) is 4.79 Å². The average Bonchev–Trinajstić information content (AvgIpc) is 3.12. The monoisotopic (exact) mass is 472 g/mol. The summed E-state index contributed by atoms with van der Waals surface area (Å²) >= 11 is 0. The molecule has 0 unspecified atom stereocenters. The topological polar surface area (TPSA) is 56.7 Å². The Bertz CT molecular complexity index is 610. The van der Waals surface area contributed by atoms with E-state index in [-0.39, 0.29) is 41.8 Å². The van der Waals surface area contributed by atoms with Gasteiger partial charge in [0.2, 0.25) is 5.91 Å². The van der Waals surface area contributed by atoms with E-state index in [1.54, 1.807) is 0 Å². The Kier molecular flexibility index (Phi) is 9.39. The highest BCUT2D eigenvalue weighted by molar-refractivity contribution is 14.0. The molecule has 0 atom stereocenters. The van der Waals surface area contributed by atoms with Gasteiger partial charge in [-0.3, -0.25) is 4.79 Å². The molecule has 5 nitrogen and oxygen atoms in total. The maximum atomic E-state index is 12.2. The highest BCUT2D eigenvalue weighted by Crippen LogP contribution is 2.25. The van der Waals surface area contributed by atoms with E-state index < -0.39 is 0 Å². The van der Waals surface area contributed by atoms with Gasteiger partial charge in [0.05, 0.1) is 0 Å². The van der Waals surface area contributed by atoms with Crippen molar-refractivity contribution in [3.8, 4) is 0 Å². The number of amides is 1. The number of likely N-dealkylation sites (tertiary alicyclic amines) is 1. The molecule has 0 radical (unpaired) electrons. The lowest BCUT2D eigenvalue weighted by molar-refractivity contribution is -0.128. The fourth-order valence-electron chi connectivity index (χ4n) is 3.29. The summed E-state index contributed by atoms with van der Waals surface area (Å²) in [6, 6.07) is 8.47. The molecule has 1 aliphatic rings. The Hall–Kier alpha value is -1.31. The zero-order valence-electron chi connectivity index (χ0n) is 16.5. The smallest absolute Gasteiger partial charge is 0.244 e. The van der Waals surface area contributed by atoms with Gasteiger partial charge in [0, 0.05) is 31.6 Å². The SMILES string of the molecule is CCNC(=NCC(=O)N1CCCC1)NCC(C)(C)c1ccccc1C.I. The van der Waals surface area contributed by atoms with Gasteiger partial charge < -0.3 is 15.5 Å². The predicted octanol–water partition coefficient (Wildman–Crippen LogP) is 3.07. The molecule has 2 N–H and O–H groups in total. The molecule has 0 bridgehead atoms. The van der Waals surface area contributed by atoms with Crippen LogP contribution in [0.25, 0.3) is 0 Å².